The molecule has 1 saturated carbocycles. The van der Waals surface area contributed by atoms with Gasteiger partial charge in [0, 0.05) is 24.5 Å². The largest absolute Gasteiger partial charge is 0.488 e. The van der Waals surface area contributed by atoms with E-state index in [9.17, 15) is 10.1 Å². The molecule has 0 radical (unpaired) electrons. The number of nitrogens with zero attached hydrogens (tertiary/aromatic N) is 4. The number of nitrogens with one attached hydrogen (secondary N) is 2. The van der Waals surface area contributed by atoms with Crippen LogP contribution in [0.3, 0.4) is 0 Å². The van der Waals surface area contributed by atoms with Gasteiger partial charge in [0.15, 0.2) is 23.9 Å². The van der Waals surface area contributed by atoms with E-state index in [1.807, 2.05) is 36.5 Å². The summed E-state index contributed by atoms with van der Waals surface area (Å²) in [7, 11) is 0. The first-order valence-corrected chi connectivity index (χ1v) is 12.5. The third kappa shape index (κ3) is 4.52. The number of hydrogen-bond donors (Lipinski definition) is 2. The number of anilines is 2. The van der Waals surface area contributed by atoms with Gasteiger partial charge >= 0.3 is 0 Å². The Morgan fingerprint density at radius 1 is 1.14 bits per heavy atom. The average Bonchev–Trinajstić information content (AvgIpc) is 2.92. The number of carbonyl (C=O) groups excluding carboxylic acids is 1. The van der Waals surface area contributed by atoms with Gasteiger partial charge in [0.2, 0.25) is 0 Å². The van der Waals surface area contributed by atoms with E-state index in [-0.39, 0.29) is 12.5 Å². The molecule has 0 atom stereocenters. The number of nitriles is 1. The van der Waals surface area contributed by atoms with Crippen molar-refractivity contribution in [2.75, 3.05) is 36.5 Å². The maximum atomic E-state index is 11.6. The van der Waals surface area contributed by atoms with Crippen LogP contribution in [-0.4, -0.2) is 48.2 Å². The predicted molar refractivity (Wildman–Crippen MR) is 135 cm³/mol. The summed E-state index contributed by atoms with van der Waals surface area (Å²) in [5.74, 6) is 2.36. The van der Waals surface area contributed by atoms with Gasteiger partial charge in [-0.3, -0.25) is 9.78 Å². The molecule has 3 aliphatic rings. The van der Waals surface area contributed by atoms with Crippen molar-refractivity contribution in [3.63, 3.8) is 0 Å². The Bertz CT molecular complexity index is 1350. The molecule has 2 aliphatic heterocycles. The van der Waals surface area contributed by atoms with E-state index < -0.39 is 0 Å². The Kier molecular flexibility index (Phi) is 6.03. The summed E-state index contributed by atoms with van der Waals surface area (Å²) in [6.45, 7) is 3.17. The van der Waals surface area contributed by atoms with Gasteiger partial charge in [-0.05, 0) is 61.9 Å². The van der Waals surface area contributed by atoms with Gasteiger partial charge in [-0.15, -0.1) is 0 Å². The van der Waals surface area contributed by atoms with Crippen LogP contribution in [0.2, 0.25) is 0 Å². The molecule has 4 heterocycles. The molecular formula is C27H28N6O3. The smallest absolute Gasteiger partial charge is 0.263 e. The van der Waals surface area contributed by atoms with E-state index in [1.54, 1.807) is 0 Å². The fourth-order valence-corrected chi connectivity index (χ4v) is 5.43. The quantitative estimate of drug-likeness (QED) is 0.567. The highest BCUT2D eigenvalue weighted by Gasteiger charge is 2.27. The number of pyridine rings is 2. The number of carbonyl (C=O) groups is 1. The standard InChI is InChI=1S/C27H28N6O3/c28-12-18-3-7-22-21(11-18)26-24(14-30-22)35-10-9-33(26)15-17-1-4-19(5-2-17)29-13-20-6-8-23-27(31-20)32-25(34)16-36-23/h3,6-8,11,14,17,19,29H,1-2,4-5,9-10,13,15-16H2,(H,31,32,34). The maximum absolute atomic E-state index is 11.6. The van der Waals surface area contributed by atoms with Crippen molar-refractivity contribution in [3.8, 4) is 17.6 Å². The van der Waals surface area contributed by atoms with Crippen molar-refractivity contribution in [2.45, 2.75) is 38.3 Å². The molecule has 0 saturated heterocycles. The van der Waals surface area contributed by atoms with E-state index in [0.717, 1.165) is 66.8 Å². The Morgan fingerprint density at radius 2 is 2.03 bits per heavy atom. The molecule has 6 rings (SSSR count). The topological polar surface area (TPSA) is 112 Å². The fourth-order valence-electron chi connectivity index (χ4n) is 5.43. The SMILES string of the molecule is N#Cc1ccc2ncc3c(c2c1)N(CC1CCC(NCc2ccc4c(n2)NC(=O)CO4)CC1)CCO3. The maximum Gasteiger partial charge on any atom is 0.263 e. The minimum Gasteiger partial charge on any atom is -0.488 e. The first-order chi connectivity index (χ1) is 17.7. The minimum absolute atomic E-state index is 0.0412. The highest BCUT2D eigenvalue weighted by molar-refractivity contribution is 5.96. The lowest BCUT2D eigenvalue weighted by Gasteiger charge is -2.37. The molecule has 184 valence electrons. The first-order valence-electron chi connectivity index (χ1n) is 12.5. The lowest BCUT2D eigenvalue weighted by Crippen LogP contribution is -2.40. The van der Waals surface area contributed by atoms with Gasteiger partial charge in [0.1, 0.15) is 6.61 Å². The number of hydrogen-bond acceptors (Lipinski definition) is 8. The normalized spacial score (nSPS) is 21.0. The van der Waals surface area contributed by atoms with Gasteiger partial charge in [-0.1, -0.05) is 0 Å². The van der Waals surface area contributed by atoms with Crippen LogP contribution >= 0.6 is 0 Å². The summed E-state index contributed by atoms with van der Waals surface area (Å²) in [6.07, 6.45) is 6.34. The zero-order valence-corrected chi connectivity index (χ0v) is 20.0. The minimum atomic E-state index is -0.170. The fraction of sp³-hybridized carbons (Fsp3) is 0.407. The molecule has 2 aromatic heterocycles. The van der Waals surface area contributed by atoms with Crippen molar-refractivity contribution in [1.82, 2.24) is 15.3 Å². The summed E-state index contributed by atoms with van der Waals surface area (Å²) in [6, 6.07) is 12.2. The van der Waals surface area contributed by atoms with Gasteiger partial charge < -0.3 is 25.0 Å². The molecule has 0 spiro atoms. The molecule has 3 aromatic rings. The third-order valence-electron chi connectivity index (χ3n) is 7.30. The molecule has 1 aromatic carbocycles. The highest BCUT2D eigenvalue weighted by atomic mass is 16.5. The molecule has 9 heteroatoms. The van der Waals surface area contributed by atoms with E-state index in [0.29, 0.717) is 42.2 Å². The zero-order valence-electron chi connectivity index (χ0n) is 20.0. The van der Waals surface area contributed by atoms with Crippen molar-refractivity contribution in [3.05, 3.63) is 47.8 Å². The molecule has 9 nitrogen and oxygen atoms in total. The second-order valence-electron chi connectivity index (χ2n) is 9.69. The van der Waals surface area contributed by atoms with Crippen LogP contribution in [0.4, 0.5) is 11.5 Å². The van der Waals surface area contributed by atoms with E-state index in [1.165, 1.54) is 0 Å². The number of benzene rings is 1. The summed E-state index contributed by atoms with van der Waals surface area (Å²) in [5.41, 5.74) is 3.48. The number of ether oxygens (including phenoxy) is 2. The third-order valence-corrected chi connectivity index (χ3v) is 7.30. The van der Waals surface area contributed by atoms with Crippen LogP contribution in [0.5, 0.6) is 11.5 Å². The Morgan fingerprint density at radius 3 is 2.89 bits per heavy atom. The molecule has 1 amide bonds. The monoisotopic (exact) mass is 484 g/mol. The Hall–Kier alpha value is -3.90. The number of fused-ring (bicyclic) bond motifs is 4. The van der Waals surface area contributed by atoms with Crippen LogP contribution in [0.25, 0.3) is 10.9 Å². The second kappa shape index (κ2) is 9.63. The molecule has 1 fully saturated rings. The van der Waals surface area contributed by atoms with Gasteiger partial charge in [0.25, 0.3) is 5.91 Å². The van der Waals surface area contributed by atoms with E-state index in [4.69, 9.17) is 9.47 Å². The lowest BCUT2D eigenvalue weighted by atomic mass is 9.85. The second-order valence-corrected chi connectivity index (χ2v) is 9.69. The molecule has 36 heavy (non-hydrogen) atoms. The molecule has 0 bridgehead atoms. The van der Waals surface area contributed by atoms with Crippen molar-refractivity contribution in [2.24, 2.45) is 5.92 Å². The lowest BCUT2D eigenvalue weighted by molar-refractivity contribution is -0.118. The average molecular weight is 485 g/mol. The first kappa shape index (κ1) is 22.6. The van der Waals surface area contributed by atoms with Gasteiger partial charge in [-0.25, -0.2) is 4.98 Å². The summed E-state index contributed by atoms with van der Waals surface area (Å²) in [5, 5.41) is 16.8. The van der Waals surface area contributed by atoms with Crippen LogP contribution in [-0.2, 0) is 11.3 Å². The van der Waals surface area contributed by atoms with Crippen LogP contribution < -0.4 is 25.0 Å². The molecular weight excluding hydrogens is 456 g/mol. The van der Waals surface area contributed by atoms with Crippen LogP contribution in [0.1, 0.15) is 36.9 Å². The molecule has 2 N–H and O–H groups in total. The summed E-state index contributed by atoms with van der Waals surface area (Å²) in [4.78, 5) is 23.1. The zero-order chi connectivity index (χ0) is 24.5. The Labute approximate surface area is 209 Å². The number of amides is 1. The van der Waals surface area contributed by atoms with E-state index >= 15 is 0 Å². The summed E-state index contributed by atoms with van der Waals surface area (Å²) < 4.78 is 11.3. The summed E-state index contributed by atoms with van der Waals surface area (Å²) >= 11 is 0. The highest BCUT2D eigenvalue weighted by Crippen LogP contribution is 2.39. The predicted octanol–water partition coefficient (Wildman–Crippen LogP) is 3.38. The molecule has 1 aliphatic carbocycles. The van der Waals surface area contributed by atoms with Crippen molar-refractivity contribution in [1.29, 1.82) is 5.26 Å². The van der Waals surface area contributed by atoms with Gasteiger partial charge in [0.05, 0.1) is 41.3 Å². The van der Waals surface area contributed by atoms with Gasteiger partial charge in [-0.2, -0.15) is 5.26 Å². The number of aromatic nitrogens is 2. The van der Waals surface area contributed by atoms with Crippen LogP contribution in [0, 0.1) is 17.2 Å². The molecule has 0 unspecified atom stereocenters. The van der Waals surface area contributed by atoms with E-state index in [2.05, 4.69) is 31.6 Å². The number of rotatable bonds is 5. The Balaban J connectivity index is 1.07. The van der Waals surface area contributed by atoms with Crippen molar-refractivity contribution >= 4 is 28.3 Å². The van der Waals surface area contributed by atoms with Crippen molar-refractivity contribution < 1.29 is 14.3 Å². The van der Waals surface area contributed by atoms with Crippen LogP contribution in [0.15, 0.2) is 36.5 Å².